The molecule has 0 saturated carbocycles. The monoisotopic (exact) mass is 371 g/mol. The van der Waals surface area contributed by atoms with E-state index in [1.807, 2.05) is 0 Å². The van der Waals surface area contributed by atoms with Gasteiger partial charge in [0.05, 0.1) is 35.3 Å². The maximum Gasteiger partial charge on any atom is 0.257 e. The number of pyridine rings is 1. The van der Waals surface area contributed by atoms with Crippen molar-refractivity contribution in [3.63, 3.8) is 0 Å². The van der Waals surface area contributed by atoms with Gasteiger partial charge < -0.3 is 15.4 Å². The first kappa shape index (κ1) is 17.7. The highest BCUT2D eigenvalue weighted by atomic mass is 35.5. The van der Waals surface area contributed by atoms with Crippen molar-refractivity contribution in [3.05, 3.63) is 77.3 Å². The van der Waals surface area contributed by atoms with Crippen molar-refractivity contribution in [2.45, 2.75) is 0 Å². The minimum Gasteiger partial charge on any atom is -0.495 e. The third kappa shape index (κ3) is 4.10. The van der Waals surface area contributed by atoms with Crippen molar-refractivity contribution in [1.29, 1.82) is 0 Å². The Morgan fingerprint density at radius 3 is 2.65 bits per heavy atom. The van der Waals surface area contributed by atoms with E-state index < -0.39 is 5.82 Å². The van der Waals surface area contributed by atoms with Crippen LogP contribution in [0.3, 0.4) is 0 Å². The Hall–Kier alpha value is -3.12. The van der Waals surface area contributed by atoms with E-state index in [1.165, 1.54) is 25.6 Å². The average Bonchev–Trinajstić information content (AvgIpc) is 2.64. The maximum absolute atomic E-state index is 13.7. The highest BCUT2D eigenvalue weighted by Crippen LogP contribution is 2.27. The van der Waals surface area contributed by atoms with Gasteiger partial charge >= 0.3 is 0 Å². The fraction of sp³-hybridized carbons (Fsp3) is 0.0526. The lowest BCUT2D eigenvalue weighted by atomic mass is 10.2. The number of carbonyl (C=O) groups is 1. The van der Waals surface area contributed by atoms with Crippen molar-refractivity contribution < 1.29 is 13.9 Å². The van der Waals surface area contributed by atoms with Crippen molar-refractivity contribution >= 4 is 34.6 Å². The lowest BCUT2D eigenvalue weighted by Gasteiger charge is -2.10. The molecule has 0 fully saturated rings. The van der Waals surface area contributed by atoms with Crippen LogP contribution in [0.5, 0.6) is 5.75 Å². The summed E-state index contributed by atoms with van der Waals surface area (Å²) < 4.78 is 18.8. The van der Waals surface area contributed by atoms with Gasteiger partial charge in [0.15, 0.2) is 0 Å². The highest BCUT2D eigenvalue weighted by Gasteiger charge is 2.10. The molecule has 0 saturated heterocycles. The zero-order valence-electron chi connectivity index (χ0n) is 13.8. The molecule has 0 bridgehead atoms. The van der Waals surface area contributed by atoms with E-state index in [0.717, 1.165) is 0 Å². The normalized spacial score (nSPS) is 10.3. The smallest absolute Gasteiger partial charge is 0.257 e. The van der Waals surface area contributed by atoms with Crippen LogP contribution in [0.25, 0.3) is 0 Å². The molecule has 132 valence electrons. The van der Waals surface area contributed by atoms with Gasteiger partial charge in [0.2, 0.25) is 0 Å². The van der Waals surface area contributed by atoms with E-state index in [-0.39, 0.29) is 5.91 Å². The molecular weight excluding hydrogens is 357 g/mol. The average molecular weight is 372 g/mol. The lowest BCUT2D eigenvalue weighted by molar-refractivity contribution is 0.102. The molecule has 3 aromatic rings. The van der Waals surface area contributed by atoms with Gasteiger partial charge in [0.1, 0.15) is 11.6 Å². The number of nitrogens with zero attached hydrogens (tertiary/aromatic N) is 1. The summed E-state index contributed by atoms with van der Waals surface area (Å²) in [5.74, 6) is -0.242. The zero-order chi connectivity index (χ0) is 18.5. The summed E-state index contributed by atoms with van der Waals surface area (Å²) in [5.41, 5.74) is 1.64. The molecule has 2 aromatic carbocycles. The van der Waals surface area contributed by atoms with Crippen LogP contribution in [-0.2, 0) is 0 Å². The second kappa shape index (κ2) is 7.84. The fourth-order valence-corrected chi connectivity index (χ4v) is 2.56. The Labute approximate surface area is 154 Å². The molecule has 1 aromatic heterocycles. The van der Waals surface area contributed by atoms with Crippen molar-refractivity contribution in [2.75, 3.05) is 17.7 Å². The number of hydrogen-bond donors (Lipinski definition) is 2. The van der Waals surface area contributed by atoms with E-state index in [1.54, 1.807) is 42.5 Å². The number of nitrogens with one attached hydrogen (secondary N) is 2. The summed E-state index contributed by atoms with van der Waals surface area (Å²) in [6.45, 7) is 0. The summed E-state index contributed by atoms with van der Waals surface area (Å²) in [6, 6.07) is 12.8. The molecule has 0 unspecified atom stereocenters. The molecule has 0 aliphatic rings. The van der Waals surface area contributed by atoms with Gasteiger partial charge in [-0.3, -0.25) is 9.78 Å². The quantitative estimate of drug-likeness (QED) is 0.671. The molecule has 1 amide bonds. The molecule has 1 heterocycles. The van der Waals surface area contributed by atoms with E-state index in [9.17, 15) is 9.18 Å². The van der Waals surface area contributed by atoms with E-state index >= 15 is 0 Å². The van der Waals surface area contributed by atoms with Crippen LogP contribution in [0.1, 0.15) is 10.4 Å². The Morgan fingerprint density at radius 1 is 1.12 bits per heavy atom. The number of rotatable bonds is 5. The van der Waals surface area contributed by atoms with Gasteiger partial charge in [-0.15, -0.1) is 0 Å². The van der Waals surface area contributed by atoms with Crippen LogP contribution in [0, 0.1) is 5.82 Å². The molecule has 0 radical (unpaired) electrons. The van der Waals surface area contributed by atoms with Crippen molar-refractivity contribution in [2.24, 2.45) is 0 Å². The fourth-order valence-electron chi connectivity index (χ4n) is 2.30. The van der Waals surface area contributed by atoms with E-state index in [4.69, 9.17) is 16.3 Å². The predicted molar refractivity (Wildman–Crippen MR) is 99.9 cm³/mol. The molecule has 7 heteroatoms. The molecule has 3 rings (SSSR count). The molecule has 0 spiro atoms. The number of halogens is 2. The summed E-state index contributed by atoms with van der Waals surface area (Å²) in [4.78, 5) is 16.5. The number of anilines is 3. The summed E-state index contributed by atoms with van der Waals surface area (Å²) in [5, 5.41) is 6.02. The number of amides is 1. The minimum absolute atomic E-state index is 0.300. The Morgan fingerprint density at radius 2 is 1.92 bits per heavy atom. The number of hydrogen-bond acceptors (Lipinski definition) is 4. The van der Waals surface area contributed by atoms with Crippen molar-refractivity contribution in [3.8, 4) is 5.75 Å². The van der Waals surface area contributed by atoms with Crippen molar-refractivity contribution in [1.82, 2.24) is 4.98 Å². The third-order valence-corrected chi connectivity index (χ3v) is 3.86. The number of methoxy groups -OCH3 is 1. The van der Waals surface area contributed by atoms with Gasteiger partial charge in [0, 0.05) is 11.9 Å². The maximum atomic E-state index is 13.7. The standard InChI is InChI=1S/C19H15ClFN3O2/c1-26-18-7-6-13(9-15(18)20)24-19(25)12-8-14(11-22-10-12)23-17-5-3-2-4-16(17)21/h2-11,23H,1H3,(H,24,25). The van der Waals surface area contributed by atoms with Crippen LogP contribution in [0.4, 0.5) is 21.5 Å². The first-order chi connectivity index (χ1) is 12.6. The molecule has 0 aliphatic carbocycles. The first-order valence-corrected chi connectivity index (χ1v) is 8.06. The second-order valence-electron chi connectivity index (χ2n) is 5.37. The van der Waals surface area contributed by atoms with Crippen LogP contribution >= 0.6 is 11.6 Å². The summed E-state index contributed by atoms with van der Waals surface area (Å²) in [7, 11) is 1.51. The molecule has 0 aliphatic heterocycles. The van der Waals surface area contributed by atoms with Gasteiger partial charge in [-0.2, -0.15) is 0 Å². The van der Waals surface area contributed by atoms with Crippen LogP contribution in [0.15, 0.2) is 60.9 Å². The molecular formula is C19H15ClFN3O2. The summed E-state index contributed by atoms with van der Waals surface area (Å²) in [6.07, 6.45) is 2.93. The number of carbonyl (C=O) groups excluding carboxylic acids is 1. The number of ether oxygens (including phenoxy) is 1. The lowest BCUT2D eigenvalue weighted by Crippen LogP contribution is -2.12. The molecule has 5 nitrogen and oxygen atoms in total. The zero-order valence-corrected chi connectivity index (χ0v) is 14.5. The Balaban J connectivity index is 1.76. The van der Waals surface area contributed by atoms with E-state index in [0.29, 0.717) is 33.4 Å². The van der Waals surface area contributed by atoms with Gasteiger partial charge in [-0.05, 0) is 36.4 Å². The Bertz CT molecular complexity index is 950. The van der Waals surface area contributed by atoms with Gasteiger partial charge in [-0.25, -0.2) is 4.39 Å². The molecule has 2 N–H and O–H groups in total. The largest absolute Gasteiger partial charge is 0.495 e. The third-order valence-electron chi connectivity index (χ3n) is 3.56. The molecule has 0 atom stereocenters. The van der Waals surface area contributed by atoms with Crippen LogP contribution < -0.4 is 15.4 Å². The Kier molecular flexibility index (Phi) is 5.34. The number of benzene rings is 2. The highest BCUT2D eigenvalue weighted by molar-refractivity contribution is 6.32. The molecule has 26 heavy (non-hydrogen) atoms. The topological polar surface area (TPSA) is 63.2 Å². The van der Waals surface area contributed by atoms with Crippen LogP contribution in [0.2, 0.25) is 5.02 Å². The number of para-hydroxylation sites is 1. The second-order valence-corrected chi connectivity index (χ2v) is 5.78. The summed E-state index contributed by atoms with van der Waals surface area (Å²) >= 11 is 6.06. The van der Waals surface area contributed by atoms with Gasteiger partial charge in [0.25, 0.3) is 5.91 Å². The van der Waals surface area contributed by atoms with E-state index in [2.05, 4.69) is 15.6 Å². The SMILES string of the molecule is COc1ccc(NC(=O)c2cncc(Nc3ccccc3F)c2)cc1Cl. The number of aromatic nitrogens is 1. The van der Waals surface area contributed by atoms with Gasteiger partial charge in [-0.1, -0.05) is 23.7 Å². The minimum atomic E-state index is -0.393. The van der Waals surface area contributed by atoms with Crippen LogP contribution in [-0.4, -0.2) is 18.0 Å². The predicted octanol–water partition coefficient (Wildman–Crippen LogP) is 4.88. The first-order valence-electron chi connectivity index (χ1n) is 7.68.